The van der Waals surface area contributed by atoms with Crippen molar-refractivity contribution in [2.24, 2.45) is 0 Å². The number of nitro groups is 1. The van der Waals surface area contributed by atoms with Crippen molar-refractivity contribution in [2.75, 3.05) is 38.6 Å². The number of nitro benzene ring substituents is 1. The Morgan fingerprint density at radius 1 is 1.12 bits per heavy atom. The fourth-order valence-electron chi connectivity index (χ4n) is 4.55. The van der Waals surface area contributed by atoms with E-state index in [-0.39, 0.29) is 28.2 Å². The summed E-state index contributed by atoms with van der Waals surface area (Å²) in [5.41, 5.74) is 1.01. The van der Waals surface area contributed by atoms with Crippen molar-refractivity contribution in [1.82, 2.24) is 9.21 Å². The Kier molecular flexibility index (Phi) is 7.34. The molecule has 2 aliphatic heterocycles. The van der Waals surface area contributed by atoms with Crippen LogP contribution >= 0.6 is 0 Å². The Labute approximate surface area is 198 Å². The van der Waals surface area contributed by atoms with E-state index in [4.69, 9.17) is 4.74 Å². The van der Waals surface area contributed by atoms with E-state index in [1.807, 2.05) is 6.07 Å². The molecule has 2 aromatic rings. The largest absolute Gasteiger partial charge is 0.494 e. The lowest BCUT2D eigenvalue weighted by atomic mass is 10.0. The zero-order chi connectivity index (χ0) is 24.3. The van der Waals surface area contributed by atoms with Crippen LogP contribution in [-0.4, -0.2) is 61.9 Å². The molecule has 2 fully saturated rings. The average Bonchev–Trinajstić information content (AvgIpc) is 3.37. The van der Waals surface area contributed by atoms with E-state index in [2.05, 4.69) is 10.2 Å². The third-order valence-electron chi connectivity index (χ3n) is 6.43. The summed E-state index contributed by atoms with van der Waals surface area (Å²) in [7, 11) is -2.39. The van der Waals surface area contributed by atoms with Gasteiger partial charge < -0.3 is 10.1 Å². The van der Waals surface area contributed by atoms with Crippen molar-refractivity contribution in [2.45, 2.75) is 43.2 Å². The molecule has 2 saturated heterocycles. The molecule has 4 rings (SSSR count). The monoisotopic (exact) mass is 492 g/mol. The first kappa shape index (κ1) is 24.4. The lowest BCUT2D eigenvalue weighted by Crippen LogP contribution is -2.39. The molecule has 0 aliphatic carbocycles. The Morgan fingerprint density at radius 3 is 2.44 bits per heavy atom. The highest BCUT2D eigenvalue weighted by Crippen LogP contribution is 2.32. The van der Waals surface area contributed by atoms with E-state index in [1.165, 1.54) is 29.6 Å². The van der Waals surface area contributed by atoms with Gasteiger partial charge in [0.2, 0.25) is 10.0 Å². The molecule has 0 atom stereocenters. The molecule has 0 bridgehead atoms. The molecular formula is C23H29FN4O5S. The van der Waals surface area contributed by atoms with Gasteiger partial charge >= 0.3 is 0 Å². The van der Waals surface area contributed by atoms with Crippen molar-refractivity contribution in [3.63, 3.8) is 0 Å². The molecule has 1 N–H and O–H groups in total. The zero-order valence-corrected chi connectivity index (χ0v) is 19.9. The van der Waals surface area contributed by atoms with Gasteiger partial charge in [-0.3, -0.25) is 15.0 Å². The summed E-state index contributed by atoms with van der Waals surface area (Å²) in [5, 5.41) is 14.6. The first-order valence-corrected chi connectivity index (χ1v) is 12.8. The standard InChI is InChI=1S/C23H29FN4O5S/c1-33-22-7-4-17(14-20(22)24)16-26-12-8-18(9-13-26)25-21-6-5-19(28(29)30)15-23(21)34(31,32)27-10-2-3-11-27/h4-7,14-15,18,25H,2-3,8-13,16H2,1H3. The number of methoxy groups -OCH3 is 1. The smallest absolute Gasteiger partial charge is 0.270 e. The maximum atomic E-state index is 14.0. The minimum atomic E-state index is -3.83. The van der Waals surface area contributed by atoms with Gasteiger partial charge in [-0.1, -0.05) is 6.07 Å². The molecule has 0 aromatic heterocycles. The zero-order valence-electron chi connectivity index (χ0n) is 19.1. The van der Waals surface area contributed by atoms with Gasteiger partial charge in [0.15, 0.2) is 11.6 Å². The van der Waals surface area contributed by atoms with Gasteiger partial charge in [-0.05, 0) is 49.4 Å². The van der Waals surface area contributed by atoms with Gasteiger partial charge in [-0.25, -0.2) is 12.8 Å². The van der Waals surface area contributed by atoms with Crippen molar-refractivity contribution < 1.29 is 22.5 Å². The Hall–Kier alpha value is -2.76. The number of benzene rings is 2. The van der Waals surface area contributed by atoms with Gasteiger partial charge in [-0.2, -0.15) is 4.31 Å². The van der Waals surface area contributed by atoms with E-state index in [9.17, 15) is 22.9 Å². The molecule has 2 heterocycles. The van der Waals surface area contributed by atoms with Gasteiger partial charge in [0.05, 0.1) is 17.7 Å². The SMILES string of the molecule is COc1ccc(CN2CCC(Nc3ccc([N+](=O)[O-])cc3S(=O)(=O)N3CCCC3)CC2)cc1F. The Bertz CT molecular complexity index is 1150. The predicted molar refractivity (Wildman–Crippen MR) is 126 cm³/mol. The highest BCUT2D eigenvalue weighted by atomic mass is 32.2. The van der Waals surface area contributed by atoms with Crippen LogP contribution < -0.4 is 10.1 Å². The lowest BCUT2D eigenvalue weighted by Gasteiger charge is -2.33. The summed E-state index contributed by atoms with van der Waals surface area (Å²) >= 11 is 0. The summed E-state index contributed by atoms with van der Waals surface area (Å²) in [6.45, 7) is 2.97. The summed E-state index contributed by atoms with van der Waals surface area (Å²) in [5.74, 6) is -0.170. The average molecular weight is 493 g/mol. The molecule has 0 amide bonds. The van der Waals surface area contributed by atoms with Gasteiger partial charge in [0.25, 0.3) is 5.69 Å². The van der Waals surface area contributed by atoms with E-state index in [0.717, 1.165) is 50.4 Å². The number of sulfonamides is 1. The molecule has 2 aromatic carbocycles. The molecule has 0 saturated carbocycles. The van der Waals surface area contributed by atoms with Crippen LogP contribution in [-0.2, 0) is 16.6 Å². The Morgan fingerprint density at radius 2 is 1.82 bits per heavy atom. The predicted octanol–water partition coefficient (Wildman–Crippen LogP) is 3.60. The van der Waals surface area contributed by atoms with E-state index >= 15 is 0 Å². The number of piperidine rings is 1. The lowest BCUT2D eigenvalue weighted by molar-refractivity contribution is -0.385. The number of rotatable bonds is 8. The number of hydrogen-bond donors (Lipinski definition) is 1. The van der Waals surface area contributed by atoms with Crippen molar-refractivity contribution in [1.29, 1.82) is 0 Å². The number of non-ortho nitro benzene ring substituents is 1. The van der Waals surface area contributed by atoms with Crippen LogP contribution in [0.25, 0.3) is 0 Å². The third-order valence-corrected chi connectivity index (χ3v) is 8.37. The quantitative estimate of drug-likeness (QED) is 0.443. The molecule has 34 heavy (non-hydrogen) atoms. The molecule has 184 valence electrons. The van der Waals surface area contributed by atoms with Crippen LogP contribution in [0.4, 0.5) is 15.8 Å². The maximum absolute atomic E-state index is 14.0. The molecule has 9 nitrogen and oxygen atoms in total. The topological polar surface area (TPSA) is 105 Å². The number of hydrogen-bond acceptors (Lipinski definition) is 7. The summed E-state index contributed by atoms with van der Waals surface area (Å²) in [6.07, 6.45) is 3.10. The Balaban J connectivity index is 1.44. The van der Waals surface area contributed by atoms with Crippen LogP contribution in [0.15, 0.2) is 41.3 Å². The van der Waals surface area contributed by atoms with Crippen LogP contribution in [0, 0.1) is 15.9 Å². The number of nitrogens with zero attached hydrogens (tertiary/aromatic N) is 3. The molecule has 0 unspecified atom stereocenters. The molecule has 0 spiro atoms. The molecule has 2 aliphatic rings. The summed E-state index contributed by atoms with van der Waals surface area (Å²) in [4.78, 5) is 12.9. The summed E-state index contributed by atoms with van der Waals surface area (Å²) < 4.78 is 46.8. The van der Waals surface area contributed by atoms with Crippen molar-refractivity contribution in [3.8, 4) is 5.75 Å². The highest BCUT2D eigenvalue weighted by Gasteiger charge is 2.32. The van der Waals surface area contributed by atoms with E-state index in [0.29, 0.717) is 25.3 Å². The first-order chi connectivity index (χ1) is 16.3. The second-order valence-corrected chi connectivity index (χ2v) is 10.6. The van der Waals surface area contributed by atoms with Gasteiger partial charge in [0.1, 0.15) is 4.90 Å². The normalized spacial score (nSPS) is 18.2. The summed E-state index contributed by atoms with van der Waals surface area (Å²) in [6, 6.07) is 8.96. The number of likely N-dealkylation sites (tertiary alicyclic amines) is 1. The highest BCUT2D eigenvalue weighted by molar-refractivity contribution is 7.89. The number of anilines is 1. The van der Waals surface area contributed by atoms with Crippen LogP contribution in [0.3, 0.4) is 0 Å². The van der Waals surface area contributed by atoms with Crippen molar-refractivity contribution >= 4 is 21.4 Å². The molecule has 11 heteroatoms. The number of ether oxygens (including phenoxy) is 1. The minimum absolute atomic E-state index is 0.0258. The first-order valence-electron chi connectivity index (χ1n) is 11.4. The van der Waals surface area contributed by atoms with Crippen LogP contribution in [0.5, 0.6) is 5.75 Å². The second-order valence-electron chi connectivity index (χ2n) is 8.71. The van der Waals surface area contributed by atoms with Gasteiger partial charge in [0, 0.05) is 50.9 Å². The number of nitrogens with one attached hydrogen (secondary N) is 1. The third kappa shape index (κ3) is 5.31. The van der Waals surface area contributed by atoms with Crippen LogP contribution in [0.2, 0.25) is 0 Å². The van der Waals surface area contributed by atoms with Crippen molar-refractivity contribution in [3.05, 3.63) is 57.9 Å². The fourth-order valence-corrected chi connectivity index (χ4v) is 6.24. The molecular weight excluding hydrogens is 463 g/mol. The molecule has 0 radical (unpaired) electrons. The maximum Gasteiger partial charge on any atom is 0.270 e. The number of halogens is 1. The second kappa shape index (κ2) is 10.2. The van der Waals surface area contributed by atoms with E-state index < -0.39 is 14.9 Å². The fraction of sp³-hybridized carbons (Fsp3) is 0.478. The van der Waals surface area contributed by atoms with Gasteiger partial charge in [-0.15, -0.1) is 0 Å². The van der Waals surface area contributed by atoms with E-state index in [1.54, 1.807) is 6.07 Å². The van der Waals surface area contributed by atoms with Crippen LogP contribution in [0.1, 0.15) is 31.2 Å². The minimum Gasteiger partial charge on any atom is -0.494 e.